The summed E-state index contributed by atoms with van der Waals surface area (Å²) in [6.07, 6.45) is 0.781. The molecule has 0 aliphatic rings. The predicted molar refractivity (Wildman–Crippen MR) is 144 cm³/mol. The Kier molecular flexibility index (Phi) is 7.61. The largest absolute Gasteiger partial charge is 0.495 e. The summed E-state index contributed by atoms with van der Waals surface area (Å²) in [6.45, 7) is 5.75. The molecule has 0 N–H and O–H groups in total. The van der Waals surface area contributed by atoms with Crippen molar-refractivity contribution in [1.82, 2.24) is 4.98 Å². The molecule has 3 aromatic carbocycles. The Morgan fingerprint density at radius 1 is 0.972 bits per heavy atom. The minimum atomic E-state index is -1.01. The second-order valence-electron chi connectivity index (χ2n) is 8.94. The molecule has 0 amide bonds. The zero-order valence-electron chi connectivity index (χ0n) is 20.7. The second kappa shape index (κ2) is 10.8. The van der Waals surface area contributed by atoms with E-state index in [0.717, 1.165) is 45.3 Å². The number of benzene rings is 3. The smallest absolute Gasteiger partial charge is 0.162 e. The summed E-state index contributed by atoms with van der Waals surface area (Å²) in [4.78, 5) is 16.3. The van der Waals surface area contributed by atoms with E-state index in [2.05, 4.69) is 4.98 Å². The van der Waals surface area contributed by atoms with Gasteiger partial charge in [-0.2, -0.15) is 0 Å². The van der Waals surface area contributed by atoms with Gasteiger partial charge in [0.15, 0.2) is 11.9 Å². The van der Waals surface area contributed by atoms with Crippen LogP contribution in [0, 0.1) is 0 Å². The van der Waals surface area contributed by atoms with Gasteiger partial charge in [-0.15, -0.1) is 0 Å². The summed E-state index contributed by atoms with van der Waals surface area (Å²) >= 11 is 6.37. The van der Waals surface area contributed by atoms with E-state index in [1.54, 1.807) is 33.1 Å². The van der Waals surface area contributed by atoms with Gasteiger partial charge in [-0.25, -0.2) is 4.98 Å². The van der Waals surface area contributed by atoms with E-state index in [-0.39, 0.29) is 0 Å². The molecule has 0 aliphatic heterocycles. The highest BCUT2D eigenvalue weighted by Gasteiger charge is 2.23. The average Bonchev–Trinajstić information content (AvgIpc) is 2.90. The Morgan fingerprint density at radius 3 is 2.39 bits per heavy atom. The number of hydrogen-bond acceptors (Lipinski definition) is 5. The fraction of sp³-hybridized carbons (Fsp3) is 0.200. The molecule has 0 saturated carbocycles. The van der Waals surface area contributed by atoms with Crippen molar-refractivity contribution >= 4 is 40.1 Å². The number of nitrogens with zero attached hydrogens (tertiary/aromatic N) is 1. The fourth-order valence-corrected chi connectivity index (χ4v) is 3.98. The molecule has 184 valence electrons. The van der Waals surface area contributed by atoms with E-state index < -0.39 is 5.60 Å². The van der Waals surface area contributed by atoms with Crippen molar-refractivity contribution in [2.45, 2.75) is 33.0 Å². The molecular formula is C30H28ClNO4. The minimum absolute atomic E-state index is 0.366. The zero-order chi connectivity index (χ0) is 25.7. The minimum Gasteiger partial charge on any atom is -0.495 e. The molecule has 1 heterocycles. The van der Waals surface area contributed by atoms with Crippen molar-refractivity contribution < 1.29 is 19.0 Å². The topological polar surface area (TPSA) is 57.7 Å². The van der Waals surface area contributed by atoms with E-state index in [1.807, 2.05) is 73.7 Å². The molecule has 0 unspecified atom stereocenters. The summed E-state index contributed by atoms with van der Waals surface area (Å²) in [7, 11) is 1.56. The fourth-order valence-electron chi connectivity index (χ4n) is 3.72. The van der Waals surface area contributed by atoms with Crippen LogP contribution < -0.4 is 9.47 Å². The molecule has 4 rings (SSSR count). The van der Waals surface area contributed by atoms with E-state index in [4.69, 9.17) is 25.8 Å². The highest BCUT2D eigenvalue weighted by Crippen LogP contribution is 2.35. The molecule has 36 heavy (non-hydrogen) atoms. The van der Waals surface area contributed by atoms with Gasteiger partial charge in [0.1, 0.15) is 23.9 Å². The third-order valence-electron chi connectivity index (χ3n) is 5.73. The molecular weight excluding hydrogens is 474 g/mol. The van der Waals surface area contributed by atoms with Gasteiger partial charge in [-0.05, 0) is 74.4 Å². The number of methoxy groups -OCH3 is 1. The Morgan fingerprint density at radius 2 is 1.69 bits per heavy atom. The quantitative estimate of drug-likeness (QED) is 0.136. The van der Waals surface area contributed by atoms with Gasteiger partial charge < -0.3 is 14.2 Å². The van der Waals surface area contributed by atoms with Crippen LogP contribution in [-0.4, -0.2) is 24.0 Å². The molecule has 0 aliphatic carbocycles. The highest BCUT2D eigenvalue weighted by atomic mass is 35.5. The maximum Gasteiger partial charge on any atom is 0.162 e. The lowest BCUT2D eigenvalue weighted by atomic mass is 10.0. The van der Waals surface area contributed by atoms with Crippen LogP contribution in [0.5, 0.6) is 11.5 Å². The van der Waals surface area contributed by atoms with Crippen LogP contribution in [0.2, 0.25) is 5.02 Å². The van der Waals surface area contributed by atoms with Crippen LogP contribution in [0.4, 0.5) is 0 Å². The van der Waals surface area contributed by atoms with Gasteiger partial charge in [0.2, 0.25) is 0 Å². The van der Waals surface area contributed by atoms with Crippen molar-refractivity contribution in [3.05, 3.63) is 101 Å². The lowest BCUT2D eigenvalue weighted by Crippen LogP contribution is -2.25. The molecule has 5 nitrogen and oxygen atoms in total. The van der Waals surface area contributed by atoms with Crippen LogP contribution in [0.1, 0.15) is 37.6 Å². The van der Waals surface area contributed by atoms with Gasteiger partial charge in [-0.1, -0.05) is 48.0 Å². The first-order valence-electron chi connectivity index (χ1n) is 11.6. The zero-order valence-corrected chi connectivity index (χ0v) is 21.5. The van der Waals surface area contributed by atoms with Crippen molar-refractivity contribution in [1.29, 1.82) is 0 Å². The number of hydrogen-bond donors (Lipinski definition) is 0. The Bertz CT molecular complexity index is 1410. The van der Waals surface area contributed by atoms with Gasteiger partial charge in [-0.3, -0.25) is 4.79 Å². The maximum atomic E-state index is 11.6. The van der Waals surface area contributed by atoms with Crippen LogP contribution in [0.3, 0.4) is 0 Å². The lowest BCUT2D eigenvalue weighted by molar-refractivity contribution is -0.120. The predicted octanol–water partition coefficient (Wildman–Crippen LogP) is 7.36. The number of pyridine rings is 1. The van der Waals surface area contributed by atoms with E-state index in [0.29, 0.717) is 23.1 Å². The van der Waals surface area contributed by atoms with Gasteiger partial charge >= 0.3 is 0 Å². The molecule has 6 heteroatoms. The number of halogens is 1. The van der Waals surface area contributed by atoms with Crippen LogP contribution in [0.25, 0.3) is 22.2 Å². The number of para-hydroxylation sites is 1. The summed E-state index contributed by atoms with van der Waals surface area (Å²) in [5, 5.41) is 1.56. The molecule has 0 bridgehead atoms. The summed E-state index contributed by atoms with van der Waals surface area (Å²) in [5.41, 5.74) is 3.31. The molecule has 0 saturated heterocycles. The monoisotopic (exact) mass is 501 g/mol. The summed E-state index contributed by atoms with van der Waals surface area (Å²) in [5.74, 6) is 1.85. The maximum absolute atomic E-state index is 11.6. The van der Waals surface area contributed by atoms with Gasteiger partial charge in [0.25, 0.3) is 0 Å². The van der Waals surface area contributed by atoms with Crippen molar-refractivity contribution in [3.8, 4) is 11.5 Å². The third kappa shape index (κ3) is 5.86. The van der Waals surface area contributed by atoms with Crippen LogP contribution >= 0.6 is 11.6 Å². The third-order valence-corrected chi connectivity index (χ3v) is 6.03. The number of rotatable bonds is 9. The van der Waals surface area contributed by atoms with Crippen molar-refractivity contribution in [3.63, 3.8) is 0 Å². The average molecular weight is 502 g/mol. The Labute approximate surface area is 216 Å². The molecule has 0 fully saturated rings. The standard InChI is InChI=1S/C30H28ClNO4/c1-20(29(36-30(2,3)19-33)23-12-16-28(34-4)26(31)17-23)21-10-14-25(15-11-21)35-18-24-13-9-22-7-5-6-8-27(22)32-24/h5-17,19H,18H2,1-4H3/b29-20+. The van der Waals surface area contributed by atoms with E-state index in [9.17, 15) is 4.79 Å². The molecule has 0 radical (unpaired) electrons. The van der Waals surface area contributed by atoms with E-state index in [1.165, 1.54) is 0 Å². The van der Waals surface area contributed by atoms with Crippen LogP contribution in [-0.2, 0) is 16.1 Å². The molecule has 0 spiro atoms. The Balaban J connectivity index is 1.58. The number of allylic oxidation sites excluding steroid dienone is 1. The number of aromatic nitrogens is 1. The summed E-state index contributed by atoms with van der Waals surface area (Å²) in [6, 6.07) is 25.2. The van der Waals surface area contributed by atoms with Gasteiger partial charge in [0, 0.05) is 10.9 Å². The first-order valence-corrected chi connectivity index (χ1v) is 12.0. The number of ether oxygens (including phenoxy) is 3. The Hall–Kier alpha value is -3.83. The number of carbonyl (C=O) groups excluding carboxylic acids is 1. The first kappa shape index (κ1) is 25.3. The first-order chi connectivity index (χ1) is 17.3. The van der Waals surface area contributed by atoms with E-state index >= 15 is 0 Å². The molecule has 0 atom stereocenters. The van der Waals surface area contributed by atoms with Crippen molar-refractivity contribution in [2.24, 2.45) is 0 Å². The normalized spacial score (nSPS) is 12.1. The SMILES string of the molecule is COc1ccc(/C(OC(C)(C)C=O)=C(/C)c2ccc(OCc3ccc4ccccc4n3)cc2)cc1Cl. The number of carbonyl (C=O) groups is 1. The van der Waals surface area contributed by atoms with Gasteiger partial charge in [0.05, 0.1) is 23.3 Å². The lowest BCUT2D eigenvalue weighted by Gasteiger charge is -2.24. The van der Waals surface area contributed by atoms with Crippen LogP contribution in [0.15, 0.2) is 78.9 Å². The highest BCUT2D eigenvalue weighted by molar-refractivity contribution is 6.32. The summed E-state index contributed by atoms with van der Waals surface area (Å²) < 4.78 is 17.4. The molecule has 1 aromatic heterocycles. The number of fused-ring (bicyclic) bond motifs is 1. The second-order valence-corrected chi connectivity index (χ2v) is 9.34. The van der Waals surface area contributed by atoms with Crippen molar-refractivity contribution in [2.75, 3.05) is 7.11 Å². The number of aldehydes is 1. The molecule has 4 aromatic rings.